The third-order valence-corrected chi connectivity index (χ3v) is 5.38. The van der Waals surface area contributed by atoms with E-state index in [-0.39, 0.29) is 30.0 Å². The Kier molecular flexibility index (Phi) is 4.49. The summed E-state index contributed by atoms with van der Waals surface area (Å²) in [4.78, 5) is 24.6. The van der Waals surface area contributed by atoms with Crippen molar-refractivity contribution in [3.63, 3.8) is 0 Å². The maximum atomic E-state index is 12.2. The van der Waals surface area contributed by atoms with Crippen LogP contribution in [0.15, 0.2) is 18.5 Å². The summed E-state index contributed by atoms with van der Waals surface area (Å²) < 4.78 is 22.4. The Morgan fingerprint density at radius 1 is 1.22 bits per heavy atom. The number of piperidine rings is 1. The second-order valence-corrected chi connectivity index (χ2v) is 7.87. The van der Waals surface area contributed by atoms with Crippen molar-refractivity contribution in [1.29, 1.82) is 0 Å². The van der Waals surface area contributed by atoms with E-state index in [1.165, 1.54) is 0 Å². The number of hydrogen-bond donors (Lipinski definition) is 1. The number of amides is 1. The molecule has 3 rings (SSSR count). The van der Waals surface area contributed by atoms with Gasteiger partial charge in [0.1, 0.15) is 0 Å². The molecule has 0 spiro atoms. The van der Waals surface area contributed by atoms with E-state index in [9.17, 15) is 13.2 Å². The van der Waals surface area contributed by atoms with Crippen LogP contribution in [0.1, 0.15) is 19.3 Å². The zero-order chi connectivity index (χ0) is 16.4. The van der Waals surface area contributed by atoms with Crippen LogP contribution in [-0.2, 0) is 14.8 Å². The maximum Gasteiger partial charge on any atom is 0.225 e. The quantitative estimate of drug-likeness (QED) is 0.798. The van der Waals surface area contributed by atoms with Crippen LogP contribution in [0.25, 0.3) is 0 Å². The lowest BCUT2D eigenvalue weighted by Gasteiger charge is -2.36. The third-order valence-electron chi connectivity index (χ3n) is 4.45. The number of nitrogens with zero attached hydrogens (tertiary/aromatic N) is 4. The van der Waals surface area contributed by atoms with Gasteiger partial charge in [-0.2, -0.15) is 0 Å². The Bertz CT molecular complexity index is 658. The molecule has 0 radical (unpaired) electrons. The van der Waals surface area contributed by atoms with Gasteiger partial charge in [-0.15, -0.1) is 0 Å². The zero-order valence-electron chi connectivity index (χ0n) is 12.8. The van der Waals surface area contributed by atoms with Gasteiger partial charge in [0, 0.05) is 50.4 Å². The highest BCUT2D eigenvalue weighted by Crippen LogP contribution is 2.27. The number of primary sulfonamides is 1. The number of likely N-dealkylation sites (tertiary alicyclic amines) is 1. The summed E-state index contributed by atoms with van der Waals surface area (Å²) in [6.07, 6.45) is 5.39. The zero-order valence-corrected chi connectivity index (χ0v) is 13.7. The molecule has 1 atom stereocenters. The molecule has 23 heavy (non-hydrogen) atoms. The highest BCUT2D eigenvalue weighted by atomic mass is 32.2. The first kappa shape index (κ1) is 16.1. The predicted octanol–water partition coefficient (Wildman–Crippen LogP) is -0.418. The number of aromatic nitrogens is 2. The molecule has 0 bridgehead atoms. The number of carbonyl (C=O) groups is 1. The third kappa shape index (κ3) is 3.97. The summed E-state index contributed by atoms with van der Waals surface area (Å²) in [5.74, 6) is 0.443. The fraction of sp³-hybridized carbons (Fsp3) is 0.643. The SMILES string of the molecule is NS(=O)(=O)CC1CC(=O)N(C2CCN(c3ncccn3)CC2)C1. The van der Waals surface area contributed by atoms with E-state index in [2.05, 4.69) is 14.9 Å². The largest absolute Gasteiger partial charge is 0.341 e. The topological polar surface area (TPSA) is 109 Å². The molecule has 0 saturated carbocycles. The van der Waals surface area contributed by atoms with Crippen LogP contribution < -0.4 is 10.0 Å². The van der Waals surface area contributed by atoms with Crippen molar-refractivity contribution in [1.82, 2.24) is 14.9 Å². The van der Waals surface area contributed by atoms with Crippen molar-refractivity contribution in [2.24, 2.45) is 11.1 Å². The molecule has 8 nitrogen and oxygen atoms in total. The summed E-state index contributed by atoms with van der Waals surface area (Å²) in [5.41, 5.74) is 0. The molecule has 2 aliphatic rings. The molecule has 1 amide bonds. The van der Waals surface area contributed by atoms with E-state index >= 15 is 0 Å². The van der Waals surface area contributed by atoms with Crippen molar-refractivity contribution >= 4 is 21.9 Å². The minimum atomic E-state index is -3.53. The standard InChI is InChI=1S/C14H21N5O3S/c15-23(21,22)10-11-8-13(20)19(9-11)12-2-6-18(7-3-12)14-16-4-1-5-17-14/h1,4-5,11-12H,2-3,6-10H2,(H2,15,21,22). The lowest BCUT2D eigenvalue weighted by molar-refractivity contribution is -0.130. The minimum absolute atomic E-state index is 0.0352. The van der Waals surface area contributed by atoms with Gasteiger partial charge in [-0.3, -0.25) is 4.79 Å². The summed E-state index contributed by atoms with van der Waals surface area (Å²) in [6, 6.07) is 1.94. The van der Waals surface area contributed by atoms with Crippen molar-refractivity contribution in [3.8, 4) is 0 Å². The van der Waals surface area contributed by atoms with Crippen LogP contribution in [-0.4, -0.2) is 60.6 Å². The minimum Gasteiger partial charge on any atom is -0.341 e. The molecule has 1 aromatic heterocycles. The van der Waals surface area contributed by atoms with E-state index in [4.69, 9.17) is 5.14 Å². The molecule has 2 saturated heterocycles. The highest BCUT2D eigenvalue weighted by Gasteiger charge is 2.37. The summed E-state index contributed by atoms with van der Waals surface area (Å²) in [6.45, 7) is 2.07. The average Bonchev–Trinajstić information content (AvgIpc) is 2.87. The molecule has 1 aromatic rings. The molecular formula is C14H21N5O3S. The number of rotatable bonds is 4. The van der Waals surface area contributed by atoms with Crippen LogP contribution >= 0.6 is 0 Å². The normalized spacial score (nSPS) is 23.5. The van der Waals surface area contributed by atoms with Gasteiger partial charge in [-0.05, 0) is 18.9 Å². The van der Waals surface area contributed by atoms with Crippen LogP contribution in [0.3, 0.4) is 0 Å². The van der Waals surface area contributed by atoms with Gasteiger partial charge in [-0.25, -0.2) is 23.5 Å². The van der Waals surface area contributed by atoms with Crippen LogP contribution in [0.4, 0.5) is 5.95 Å². The van der Waals surface area contributed by atoms with Crippen molar-refractivity contribution in [3.05, 3.63) is 18.5 Å². The summed E-state index contributed by atoms with van der Waals surface area (Å²) in [5, 5.41) is 5.09. The Morgan fingerprint density at radius 2 is 1.87 bits per heavy atom. The van der Waals surface area contributed by atoms with Gasteiger partial charge in [0.15, 0.2) is 0 Å². The molecule has 2 aliphatic heterocycles. The molecule has 126 valence electrons. The smallest absolute Gasteiger partial charge is 0.225 e. The van der Waals surface area contributed by atoms with Crippen LogP contribution in [0.2, 0.25) is 0 Å². The van der Waals surface area contributed by atoms with E-state index in [1.54, 1.807) is 18.5 Å². The van der Waals surface area contributed by atoms with Crippen LogP contribution in [0, 0.1) is 5.92 Å². The first-order valence-electron chi connectivity index (χ1n) is 7.74. The number of nitrogens with two attached hydrogens (primary N) is 1. The number of anilines is 1. The Hall–Kier alpha value is -1.74. The number of hydrogen-bond acceptors (Lipinski definition) is 6. The summed E-state index contributed by atoms with van der Waals surface area (Å²) >= 11 is 0. The molecule has 0 aliphatic carbocycles. The van der Waals surface area contributed by atoms with E-state index in [0.717, 1.165) is 25.9 Å². The second-order valence-electron chi connectivity index (χ2n) is 6.21. The first-order chi connectivity index (χ1) is 10.9. The van der Waals surface area contributed by atoms with E-state index in [1.807, 2.05) is 4.90 Å². The highest BCUT2D eigenvalue weighted by molar-refractivity contribution is 7.89. The molecule has 9 heteroatoms. The monoisotopic (exact) mass is 339 g/mol. The number of carbonyl (C=O) groups excluding carboxylic acids is 1. The Balaban J connectivity index is 1.57. The molecule has 3 heterocycles. The predicted molar refractivity (Wildman–Crippen MR) is 85.1 cm³/mol. The van der Waals surface area contributed by atoms with Gasteiger partial charge >= 0.3 is 0 Å². The van der Waals surface area contributed by atoms with Crippen molar-refractivity contribution in [2.75, 3.05) is 30.3 Å². The van der Waals surface area contributed by atoms with Gasteiger partial charge < -0.3 is 9.80 Å². The van der Waals surface area contributed by atoms with E-state index in [0.29, 0.717) is 12.5 Å². The Morgan fingerprint density at radius 3 is 2.48 bits per heavy atom. The summed E-state index contributed by atoms with van der Waals surface area (Å²) in [7, 11) is -3.53. The second kappa shape index (κ2) is 6.40. The fourth-order valence-electron chi connectivity index (χ4n) is 3.43. The molecule has 1 unspecified atom stereocenters. The Labute approximate surface area is 135 Å². The average molecular weight is 339 g/mol. The lowest BCUT2D eigenvalue weighted by atomic mass is 10.0. The van der Waals surface area contributed by atoms with Gasteiger partial charge in [0.05, 0.1) is 5.75 Å². The van der Waals surface area contributed by atoms with Gasteiger partial charge in [-0.1, -0.05) is 0 Å². The fourth-order valence-corrected chi connectivity index (χ4v) is 4.31. The maximum absolute atomic E-state index is 12.2. The first-order valence-corrected chi connectivity index (χ1v) is 9.46. The molecular weight excluding hydrogens is 318 g/mol. The molecule has 2 N–H and O–H groups in total. The van der Waals surface area contributed by atoms with E-state index < -0.39 is 10.0 Å². The van der Waals surface area contributed by atoms with Gasteiger partial charge in [0.2, 0.25) is 21.9 Å². The lowest BCUT2D eigenvalue weighted by Crippen LogP contribution is -2.46. The number of sulfonamides is 1. The van der Waals surface area contributed by atoms with Crippen LogP contribution in [0.5, 0.6) is 0 Å². The molecule has 0 aromatic carbocycles. The van der Waals surface area contributed by atoms with Gasteiger partial charge in [0.25, 0.3) is 0 Å². The van der Waals surface area contributed by atoms with Crippen molar-refractivity contribution < 1.29 is 13.2 Å². The van der Waals surface area contributed by atoms with Crippen molar-refractivity contribution in [2.45, 2.75) is 25.3 Å². The molecule has 2 fully saturated rings.